The topological polar surface area (TPSA) is 41.5 Å². The number of benzene rings is 2. The molecule has 0 bridgehead atoms. The summed E-state index contributed by atoms with van der Waals surface area (Å²) in [6.45, 7) is 0. The van der Waals surface area contributed by atoms with Crippen LogP contribution in [0.1, 0.15) is 11.1 Å². The normalized spacial score (nSPS) is 10.8. The molecular weight excluding hydrogens is 331 g/mol. The first-order valence-corrected chi connectivity index (χ1v) is 7.19. The van der Waals surface area contributed by atoms with E-state index < -0.39 is 0 Å². The van der Waals surface area contributed by atoms with Crippen molar-refractivity contribution in [3.8, 4) is 0 Å². The molecular formula is C15H11Cl3N2O. The van der Waals surface area contributed by atoms with Crippen LogP contribution in [0.3, 0.4) is 0 Å². The molecule has 0 saturated carbocycles. The minimum Gasteiger partial charge on any atom is -0.273 e. The summed E-state index contributed by atoms with van der Waals surface area (Å²) in [4.78, 5) is 11.7. The fourth-order valence-corrected chi connectivity index (χ4v) is 2.03. The van der Waals surface area contributed by atoms with Gasteiger partial charge in [0.25, 0.3) is 0 Å². The lowest BCUT2D eigenvalue weighted by Gasteiger charge is -2.01. The summed E-state index contributed by atoms with van der Waals surface area (Å²) in [7, 11) is 0. The van der Waals surface area contributed by atoms with Crippen molar-refractivity contribution in [3.63, 3.8) is 0 Å². The van der Waals surface area contributed by atoms with Crippen molar-refractivity contribution in [2.24, 2.45) is 5.10 Å². The van der Waals surface area contributed by atoms with Crippen molar-refractivity contribution in [2.45, 2.75) is 6.42 Å². The van der Waals surface area contributed by atoms with Gasteiger partial charge in [-0.3, -0.25) is 4.79 Å². The van der Waals surface area contributed by atoms with Gasteiger partial charge in [-0.05, 0) is 35.4 Å². The molecule has 108 valence electrons. The molecule has 1 amide bonds. The van der Waals surface area contributed by atoms with Gasteiger partial charge in [0.15, 0.2) is 0 Å². The molecule has 0 atom stereocenters. The molecule has 0 aromatic heterocycles. The lowest BCUT2D eigenvalue weighted by Crippen LogP contribution is -2.19. The van der Waals surface area contributed by atoms with E-state index in [1.807, 2.05) is 0 Å². The number of nitrogens with zero attached hydrogens (tertiary/aromatic N) is 1. The Morgan fingerprint density at radius 2 is 1.76 bits per heavy atom. The van der Waals surface area contributed by atoms with Gasteiger partial charge in [-0.2, -0.15) is 5.10 Å². The lowest BCUT2D eigenvalue weighted by molar-refractivity contribution is -0.120. The first-order chi connectivity index (χ1) is 10.0. The standard InChI is InChI=1S/C15H11Cl3N2O/c16-12-4-1-10(2-5-12)8-15(21)20-19-9-11-3-6-13(17)14(18)7-11/h1-7,9H,8H2,(H,20,21)/b19-9+. The number of nitrogens with one attached hydrogen (secondary N) is 1. The molecule has 6 heteroatoms. The number of carbonyl (C=O) groups excluding carboxylic acids is 1. The van der Waals surface area contributed by atoms with Crippen LogP contribution in [-0.2, 0) is 11.2 Å². The maximum absolute atomic E-state index is 11.7. The Morgan fingerprint density at radius 3 is 2.43 bits per heavy atom. The van der Waals surface area contributed by atoms with E-state index in [2.05, 4.69) is 10.5 Å². The minimum atomic E-state index is -0.214. The van der Waals surface area contributed by atoms with E-state index in [1.54, 1.807) is 42.5 Å². The van der Waals surface area contributed by atoms with E-state index in [9.17, 15) is 4.79 Å². The van der Waals surface area contributed by atoms with Gasteiger partial charge in [-0.15, -0.1) is 0 Å². The third-order valence-corrected chi connectivity index (χ3v) is 3.62. The van der Waals surface area contributed by atoms with Gasteiger partial charge < -0.3 is 0 Å². The maximum Gasteiger partial charge on any atom is 0.244 e. The van der Waals surface area contributed by atoms with E-state index in [0.717, 1.165) is 11.1 Å². The smallest absolute Gasteiger partial charge is 0.244 e. The molecule has 3 nitrogen and oxygen atoms in total. The van der Waals surface area contributed by atoms with E-state index in [1.165, 1.54) is 6.21 Å². The zero-order valence-corrected chi connectivity index (χ0v) is 13.1. The van der Waals surface area contributed by atoms with Crippen LogP contribution >= 0.6 is 34.8 Å². The molecule has 2 rings (SSSR count). The summed E-state index contributed by atoms with van der Waals surface area (Å²) in [5.74, 6) is -0.214. The maximum atomic E-state index is 11.7. The number of hydrogen-bond acceptors (Lipinski definition) is 2. The number of rotatable bonds is 4. The van der Waals surface area contributed by atoms with Gasteiger partial charge in [-0.25, -0.2) is 5.43 Å². The molecule has 0 aliphatic rings. The summed E-state index contributed by atoms with van der Waals surface area (Å²) in [5, 5.41) is 5.42. The molecule has 0 heterocycles. The zero-order chi connectivity index (χ0) is 15.2. The molecule has 0 unspecified atom stereocenters. The molecule has 0 fully saturated rings. The van der Waals surface area contributed by atoms with Crippen LogP contribution in [0.15, 0.2) is 47.6 Å². The summed E-state index contributed by atoms with van der Waals surface area (Å²) in [5.41, 5.74) is 4.06. The quantitative estimate of drug-likeness (QED) is 0.652. The van der Waals surface area contributed by atoms with Gasteiger partial charge in [0.05, 0.1) is 22.7 Å². The molecule has 0 aliphatic heterocycles. The Morgan fingerprint density at radius 1 is 1.05 bits per heavy atom. The number of hydrazone groups is 1. The number of carbonyl (C=O) groups is 1. The lowest BCUT2D eigenvalue weighted by atomic mass is 10.1. The van der Waals surface area contributed by atoms with Crippen molar-refractivity contribution in [1.82, 2.24) is 5.43 Å². The minimum absolute atomic E-state index is 0.214. The van der Waals surface area contributed by atoms with Crippen LogP contribution in [0.5, 0.6) is 0 Å². The Balaban J connectivity index is 1.89. The molecule has 1 N–H and O–H groups in total. The van der Waals surface area contributed by atoms with Gasteiger partial charge in [-0.1, -0.05) is 53.0 Å². The second-order valence-electron chi connectivity index (χ2n) is 4.27. The van der Waals surface area contributed by atoms with Crippen molar-refractivity contribution in [2.75, 3.05) is 0 Å². The van der Waals surface area contributed by atoms with E-state index in [4.69, 9.17) is 34.8 Å². The Kier molecular flexibility index (Phi) is 5.62. The summed E-state index contributed by atoms with van der Waals surface area (Å²) in [6.07, 6.45) is 1.73. The second kappa shape index (κ2) is 7.46. The van der Waals surface area contributed by atoms with Crippen molar-refractivity contribution in [1.29, 1.82) is 0 Å². The van der Waals surface area contributed by atoms with E-state index in [0.29, 0.717) is 15.1 Å². The van der Waals surface area contributed by atoms with Crippen LogP contribution in [-0.4, -0.2) is 12.1 Å². The fraction of sp³-hybridized carbons (Fsp3) is 0.0667. The monoisotopic (exact) mass is 340 g/mol. The van der Waals surface area contributed by atoms with Crippen molar-refractivity contribution in [3.05, 3.63) is 68.7 Å². The third-order valence-electron chi connectivity index (χ3n) is 2.62. The molecule has 21 heavy (non-hydrogen) atoms. The van der Waals surface area contributed by atoms with Crippen LogP contribution in [0.4, 0.5) is 0 Å². The van der Waals surface area contributed by atoms with E-state index in [-0.39, 0.29) is 12.3 Å². The molecule has 0 aliphatic carbocycles. The largest absolute Gasteiger partial charge is 0.273 e. The van der Waals surface area contributed by atoms with Gasteiger partial charge in [0.1, 0.15) is 0 Å². The number of halogens is 3. The summed E-state index contributed by atoms with van der Waals surface area (Å²) >= 11 is 17.5. The van der Waals surface area contributed by atoms with Crippen molar-refractivity contribution >= 4 is 46.9 Å². The number of amides is 1. The van der Waals surface area contributed by atoms with Gasteiger partial charge in [0, 0.05) is 5.02 Å². The first-order valence-electron chi connectivity index (χ1n) is 6.06. The molecule has 0 saturated heterocycles. The van der Waals surface area contributed by atoms with Crippen LogP contribution in [0.25, 0.3) is 0 Å². The second-order valence-corrected chi connectivity index (χ2v) is 5.52. The van der Waals surface area contributed by atoms with E-state index >= 15 is 0 Å². The van der Waals surface area contributed by atoms with Crippen molar-refractivity contribution < 1.29 is 4.79 Å². The Bertz CT molecular complexity index is 669. The molecule has 2 aromatic rings. The summed E-state index contributed by atoms with van der Waals surface area (Å²) in [6, 6.07) is 12.2. The fourth-order valence-electron chi connectivity index (χ4n) is 1.60. The summed E-state index contributed by atoms with van der Waals surface area (Å²) < 4.78 is 0. The molecule has 0 radical (unpaired) electrons. The van der Waals surface area contributed by atoms with Gasteiger partial charge in [0.2, 0.25) is 5.91 Å². The first kappa shape index (κ1) is 15.8. The van der Waals surface area contributed by atoms with Crippen LogP contribution in [0, 0.1) is 0 Å². The zero-order valence-electron chi connectivity index (χ0n) is 10.8. The average molecular weight is 342 g/mol. The van der Waals surface area contributed by atoms with Crippen LogP contribution < -0.4 is 5.43 Å². The average Bonchev–Trinajstić information content (AvgIpc) is 2.45. The SMILES string of the molecule is O=C(Cc1ccc(Cl)cc1)N/N=C/c1ccc(Cl)c(Cl)c1. The predicted molar refractivity (Wildman–Crippen MR) is 87.4 cm³/mol. The Hall–Kier alpha value is -1.55. The Labute approximate surface area is 137 Å². The third kappa shape index (κ3) is 5.05. The van der Waals surface area contributed by atoms with Gasteiger partial charge >= 0.3 is 0 Å². The highest BCUT2D eigenvalue weighted by atomic mass is 35.5. The molecule has 0 spiro atoms. The number of hydrogen-bond donors (Lipinski definition) is 1. The molecule has 2 aromatic carbocycles. The highest BCUT2D eigenvalue weighted by Gasteiger charge is 2.02. The predicted octanol–water partition coefficient (Wildman–Crippen LogP) is 4.34. The highest BCUT2D eigenvalue weighted by molar-refractivity contribution is 6.42. The van der Waals surface area contributed by atoms with Crippen LogP contribution in [0.2, 0.25) is 15.1 Å². The highest BCUT2D eigenvalue weighted by Crippen LogP contribution is 2.21.